The smallest absolute Gasteiger partial charge is 0.119 e. The zero-order valence-corrected chi connectivity index (χ0v) is 8.59. The summed E-state index contributed by atoms with van der Waals surface area (Å²) in [5.41, 5.74) is 5.51. The van der Waals surface area contributed by atoms with Gasteiger partial charge in [0.1, 0.15) is 11.9 Å². The Kier molecular flexibility index (Phi) is 6.37. The highest BCUT2D eigenvalue weighted by Gasteiger charge is 2.03. The van der Waals surface area contributed by atoms with Crippen LogP contribution in [0.4, 0.5) is 0 Å². The van der Waals surface area contributed by atoms with E-state index >= 15 is 0 Å². The largest absolute Gasteiger partial charge is 0.489 e. The summed E-state index contributed by atoms with van der Waals surface area (Å²) < 4.78 is 5.59. The number of halogens is 1. The van der Waals surface area contributed by atoms with E-state index in [-0.39, 0.29) is 18.5 Å². The van der Waals surface area contributed by atoms with Gasteiger partial charge in [-0.05, 0) is 18.6 Å². The van der Waals surface area contributed by atoms with Crippen molar-refractivity contribution < 1.29 is 4.74 Å². The number of nitrogens with two attached hydrogens (primary N) is 1. The summed E-state index contributed by atoms with van der Waals surface area (Å²) in [6, 6.07) is 9.77. The minimum atomic E-state index is 0. The molecule has 74 valence electrons. The fourth-order valence-corrected chi connectivity index (χ4v) is 0.990. The maximum absolute atomic E-state index is 5.59. The van der Waals surface area contributed by atoms with Crippen molar-refractivity contribution in [3.63, 3.8) is 0 Å². The predicted molar refractivity (Wildman–Crippen MR) is 57.5 cm³/mol. The molecule has 1 atom stereocenters. The maximum Gasteiger partial charge on any atom is 0.119 e. The molecule has 1 unspecified atom stereocenters. The molecule has 1 rings (SSSR count). The van der Waals surface area contributed by atoms with E-state index in [1.54, 1.807) is 0 Å². The molecule has 0 saturated carbocycles. The van der Waals surface area contributed by atoms with Crippen molar-refractivity contribution >= 4 is 12.4 Å². The summed E-state index contributed by atoms with van der Waals surface area (Å²) in [6.45, 7) is 2.64. The molecule has 1 aromatic carbocycles. The van der Waals surface area contributed by atoms with Crippen LogP contribution in [0.2, 0.25) is 0 Å². The summed E-state index contributed by atoms with van der Waals surface area (Å²) in [6.07, 6.45) is 1.10. The van der Waals surface area contributed by atoms with Gasteiger partial charge in [0.25, 0.3) is 0 Å². The van der Waals surface area contributed by atoms with Crippen molar-refractivity contribution in [2.45, 2.75) is 19.4 Å². The van der Waals surface area contributed by atoms with Crippen molar-refractivity contribution in [2.75, 3.05) is 6.54 Å². The van der Waals surface area contributed by atoms with Gasteiger partial charge >= 0.3 is 0 Å². The number of para-hydroxylation sites is 1. The van der Waals surface area contributed by atoms with E-state index in [0.29, 0.717) is 6.54 Å². The van der Waals surface area contributed by atoms with E-state index in [1.807, 2.05) is 30.3 Å². The topological polar surface area (TPSA) is 35.2 Å². The van der Waals surface area contributed by atoms with Crippen LogP contribution in [-0.4, -0.2) is 12.6 Å². The van der Waals surface area contributed by atoms with Gasteiger partial charge in [-0.3, -0.25) is 0 Å². The molecule has 0 saturated heterocycles. The van der Waals surface area contributed by atoms with Gasteiger partial charge in [-0.15, -0.1) is 12.4 Å². The molecule has 13 heavy (non-hydrogen) atoms. The molecular formula is C10H16ClNO. The lowest BCUT2D eigenvalue weighted by Crippen LogP contribution is -2.25. The zero-order chi connectivity index (χ0) is 8.81. The summed E-state index contributed by atoms with van der Waals surface area (Å²) in [5, 5.41) is 0. The van der Waals surface area contributed by atoms with E-state index in [4.69, 9.17) is 10.5 Å². The molecule has 2 N–H and O–H groups in total. The molecule has 0 radical (unpaired) electrons. The molecule has 2 nitrogen and oxygen atoms in total. The Morgan fingerprint density at radius 3 is 2.38 bits per heavy atom. The van der Waals surface area contributed by atoms with E-state index < -0.39 is 0 Å². The minimum absolute atomic E-state index is 0. The Hall–Kier alpha value is -0.730. The average Bonchev–Trinajstić information content (AvgIpc) is 2.16. The molecule has 0 aliphatic rings. The number of rotatable bonds is 4. The molecule has 0 aromatic heterocycles. The van der Waals surface area contributed by atoms with Crippen molar-refractivity contribution in [2.24, 2.45) is 5.73 Å². The van der Waals surface area contributed by atoms with Gasteiger partial charge in [-0.25, -0.2) is 0 Å². The van der Waals surface area contributed by atoms with E-state index in [0.717, 1.165) is 12.2 Å². The fraction of sp³-hybridized carbons (Fsp3) is 0.400. The van der Waals surface area contributed by atoms with Crippen LogP contribution in [0.3, 0.4) is 0 Å². The van der Waals surface area contributed by atoms with Gasteiger partial charge < -0.3 is 10.5 Å². The molecule has 0 spiro atoms. The summed E-state index contributed by atoms with van der Waals surface area (Å²) >= 11 is 0. The van der Waals surface area contributed by atoms with Crippen molar-refractivity contribution in [3.8, 4) is 5.75 Å². The average molecular weight is 202 g/mol. The Bertz CT molecular complexity index is 211. The number of hydrogen-bond acceptors (Lipinski definition) is 2. The lowest BCUT2D eigenvalue weighted by molar-refractivity contribution is 0.205. The van der Waals surface area contributed by atoms with Crippen LogP contribution in [-0.2, 0) is 0 Å². The van der Waals surface area contributed by atoms with Crippen LogP contribution in [0.25, 0.3) is 0 Å². The first-order chi connectivity index (χ1) is 5.86. The first kappa shape index (κ1) is 12.3. The van der Waals surface area contributed by atoms with Crippen LogP contribution < -0.4 is 10.5 Å². The van der Waals surface area contributed by atoms with Gasteiger partial charge in [0.05, 0.1) is 0 Å². The molecule has 1 aromatic rings. The third-order valence-electron chi connectivity index (χ3n) is 1.76. The number of hydrogen-bond donors (Lipinski definition) is 1. The molecule has 3 heteroatoms. The Labute approximate surface area is 85.5 Å². The lowest BCUT2D eigenvalue weighted by Gasteiger charge is -2.14. The fourth-order valence-electron chi connectivity index (χ4n) is 0.990. The maximum atomic E-state index is 5.59. The third-order valence-corrected chi connectivity index (χ3v) is 1.76. The minimum Gasteiger partial charge on any atom is -0.489 e. The van der Waals surface area contributed by atoms with Gasteiger partial charge in [0, 0.05) is 6.54 Å². The summed E-state index contributed by atoms with van der Waals surface area (Å²) in [5.74, 6) is 0.898. The van der Waals surface area contributed by atoms with Gasteiger partial charge in [-0.2, -0.15) is 0 Å². The van der Waals surface area contributed by atoms with Gasteiger partial charge in [-0.1, -0.05) is 25.1 Å². The SMILES string of the molecule is CCC(CN)Oc1ccccc1.Cl. The van der Waals surface area contributed by atoms with Crippen molar-refractivity contribution in [1.29, 1.82) is 0 Å². The summed E-state index contributed by atoms with van der Waals surface area (Å²) in [4.78, 5) is 0. The highest BCUT2D eigenvalue weighted by Crippen LogP contribution is 2.11. The molecule has 0 heterocycles. The standard InChI is InChI=1S/C10H15NO.ClH/c1-2-9(8-11)12-10-6-4-3-5-7-10;/h3-7,9H,2,8,11H2,1H3;1H. The molecule has 0 aliphatic carbocycles. The molecular weight excluding hydrogens is 186 g/mol. The van der Waals surface area contributed by atoms with E-state index in [2.05, 4.69) is 6.92 Å². The molecule has 0 bridgehead atoms. The van der Waals surface area contributed by atoms with E-state index in [9.17, 15) is 0 Å². The molecule has 0 fully saturated rings. The zero-order valence-electron chi connectivity index (χ0n) is 7.77. The molecule has 0 aliphatic heterocycles. The predicted octanol–water partition coefficient (Wildman–Crippen LogP) is 2.22. The third kappa shape index (κ3) is 4.15. The number of ether oxygens (including phenoxy) is 1. The Balaban J connectivity index is 0.00000144. The second-order valence-corrected chi connectivity index (χ2v) is 2.70. The highest BCUT2D eigenvalue weighted by molar-refractivity contribution is 5.85. The second-order valence-electron chi connectivity index (χ2n) is 2.70. The van der Waals surface area contributed by atoms with Gasteiger partial charge in [0.15, 0.2) is 0 Å². The molecule has 0 amide bonds. The lowest BCUT2D eigenvalue weighted by atomic mass is 10.3. The van der Waals surface area contributed by atoms with Crippen LogP contribution in [0.5, 0.6) is 5.75 Å². The first-order valence-corrected chi connectivity index (χ1v) is 4.28. The van der Waals surface area contributed by atoms with Crippen LogP contribution in [0.1, 0.15) is 13.3 Å². The second kappa shape index (κ2) is 6.75. The van der Waals surface area contributed by atoms with E-state index in [1.165, 1.54) is 0 Å². The van der Waals surface area contributed by atoms with Crippen molar-refractivity contribution in [1.82, 2.24) is 0 Å². The van der Waals surface area contributed by atoms with Gasteiger partial charge in [0.2, 0.25) is 0 Å². The normalized spacial score (nSPS) is 11.5. The van der Waals surface area contributed by atoms with Crippen LogP contribution >= 0.6 is 12.4 Å². The quantitative estimate of drug-likeness (QED) is 0.811. The number of benzene rings is 1. The Morgan fingerprint density at radius 1 is 1.31 bits per heavy atom. The van der Waals surface area contributed by atoms with Crippen LogP contribution in [0, 0.1) is 0 Å². The summed E-state index contributed by atoms with van der Waals surface area (Å²) in [7, 11) is 0. The highest BCUT2D eigenvalue weighted by atomic mass is 35.5. The van der Waals surface area contributed by atoms with Crippen LogP contribution in [0.15, 0.2) is 30.3 Å². The van der Waals surface area contributed by atoms with Crippen molar-refractivity contribution in [3.05, 3.63) is 30.3 Å². The Morgan fingerprint density at radius 2 is 1.92 bits per heavy atom. The monoisotopic (exact) mass is 201 g/mol. The first-order valence-electron chi connectivity index (χ1n) is 4.28.